The van der Waals surface area contributed by atoms with Crippen LogP contribution in [-0.4, -0.2) is 0 Å². The van der Waals surface area contributed by atoms with E-state index in [0.29, 0.717) is 0 Å². The van der Waals surface area contributed by atoms with E-state index < -0.39 is 0 Å². The van der Waals surface area contributed by atoms with Crippen LogP contribution in [0, 0.1) is 0 Å². The van der Waals surface area contributed by atoms with Crippen molar-refractivity contribution < 1.29 is 4.42 Å². The average molecular weight is 229 g/mol. The third-order valence-electron chi connectivity index (χ3n) is 2.77. The molecule has 2 aromatic rings. The summed E-state index contributed by atoms with van der Waals surface area (Å²) in [6.45, 7) is 7.39. The highest BCUT2D eigenvalue weighted by Crippen LogP contribution is 2.29. The molecule has 0 saturated carbocycles. The number of furan rings is 1. The largest absolute Gasteiger partial charge is 0.467 e. The monoisotopic (exact) mass is 229 g/mol. The van der Waals surface area contributed by atoms with E-state index in [9.17, 15) is 0 Å². The third kappa shape index (κ3) is 2.90. The number of hydrogen-bond donors (Lipinski definition) is 1. The van der Waals surface area contributed by atoms with Crippen LogP contribution in [0.5, 0.6) is 0 Å². The van der Waals surface area contributed by atoms with Crippen molar-refractivity contribution in [1.82, 2.24) is 0 Å². The summed E-state index contributed by atoms with van der Waals surface area (Å²) < 4.78 is 5.32. The van der Waals surface area contributed by atoms with Crippen LogP contribution in [0.25, 0.3) is 0 Å². The fraction of sp³-hybridized carbons (Fsp3) is 0.333. The molecule has 0 aliphatic heterocycles. The van der Waals surface area contributed by atoms with Gasteiger partial charge in [-0.1, -0.05) is 39.0 Å². The molecule has 0 aliphatic carbocycles. The van der Waals surface area contributed by atoms with E-state index in [0.717, 1.165) is 12.3 Å². The van der Waals surface area contributed by atoms with Gasteiger partial charge >= 0.3 is 0 Å². The topological polar surface area (TPSA) is 25.2 Å². The molecule has 0 saturated heterocycles. The second-order valence-electron chi connectivity index (χ2n) is 5.23. The van der Waals surface area contributed by atoms with Crippen molar-refractivity contribution in [2.24, 2.45) is 0 Å². The maximum absolute atomic E-state index is 5.32. The fourth-order valence-electron chi connectivity index (χ4n) is 1.89. The number of anilines is 1. The van der Waals surface area contributed by atoms with E-state index in [4.69, 9.17) is 4.42 Å². The van der Waals surface area contributed by atoms with Crippen molar-refractivity contribution in [2.75, 3.05) is 5.32 Å². The highest BCUT2D eigenvalue weighted by atomic mass is 16.3. The van der Waals surface area contributed by atoms with Crippen molar-refractivity contribution in [3.8, 4) is 0 Å². The number of rotatable bonds is 3. The summed E-state index contributed by atoms with van der Waals surface area (Å²) in [7, 11) is 0. The molecule has 0 fully saturated rings. The van der Waals surface area contributed by atoms with Crippen LogP contribution in [0.15, 0.2) is 47.1 Å². The smallest absolute Gasteiger partial charge is 0.122 e. The first-order chi connectivity index (χ1) is 8.07. The number of hydrogen-bond acceptors (Lipinski definition) is 2. The summed E-state index contributed by atoms with van der Waals surface area (Å²) in [4.78, 5) is 0. The Balaban J connectivity index is 2.16. The first-order valence-corrected chi connectivity index (χ1v) is 5.93. The lowest BCUT2D eigenvalue weighted by Gasteiger charge is -2.23. The lowest BCUT2D eigenvalue weighted by atomic mass is 9.86. The zero-order valence-corrected chi connectivity index (χ0v) is 10.7. The quantitative estimate of drug-likeness (QED) is 0.853. The Labute approximate surface area is 103 Å². The fourth-order valence-corrected chi connectivity index (χ4v) is 1.89. The van der Waals surface area contributed by atoms with Crippen molar-refractivity contribution in [2.45, 2.75) is 32.7 Å². The van der Waals surface area contributed by atoms with Gasteiger partial charge in [-0.15, -0.1) is 0 Å². The molecular formula is C15H19NO. The van der Waals surface area contributed by atoms with Crippen LogP contribution < -0.4 is 5.32 Å². The van der Waals surface area contributed by atoms with Crippen LogP contribution in [0.4, 0.5) is 5.69 Å². The lowest BCUT2D eigenvalue weighted by Crippen LogP contribution is -2.14. The van der Waals surface area contributed by atoms with Gasteiger partial charge in [0.1, 0.15) is 5.76 Å². The van der Waals surface area contributed by atoms with Crippen LogP contribution in [0.1, 0.15) is 32.1 Å². The first kappa shape index (κ1) is 11.8. The maximum Gasteiger partial charge on any atom is 0.122 e. The number of nitrogens with one attached hydrogen (secondary N) is 1. The number of benzene rings is 1. The van der Waals surface area contributed by atoms with E-state index in [1.54, 1.807) is 6.26 Å². The van der Waals surface area contributed by atoms with Gasteiger partial charge in [0.15, 0.2) is 0 Å². The predicted octanol–water partition coefficient (Wildman–Crippen LogP) is 4.19. The van der Waals surface area contributed by atoms with Gasteiger partial charge in [-0.25, -0.2) is 0 Å². The molecule has 0 amide bonds. The Hall–Kier alpha value is -1.70. The van der Waals surface area contributed by atoms with E-state index in [2.05, 4.69) is 50.4 Å². The Morgan fingerprint density at radius 3 is 2.47 bits per heavy atom. The Morgan fingerprint density at radius 1 is 1.06 bits per heavy atom. The summed E-state index contributed by atoms with van der Waals surface area (Å²) in [5.41, 5.74) is 2.65. The Kier molecular flexibility index (Phi) is 3.23. The van der Waals surface area contributed by atoms with Gasteiger partial charge < -0.3 is 9.73 Å². The maximum atomic E-state index is 5.32. The molecule has 0 spiro atoms. The van der Waals surface area contributed by atoms with Crippen LogP contribution in [-0.2, 0) is 12.0 Å². The molecular weight excluding hydrogens is 210 g/mol. The SMILES string of the molecule is CC(C)(C)c1ccccc1NCc1ccco1. The molecule has 0 bridgehead atoms. The molecule has 0 radical (unpaired) electrons. The summed E-state index contributed by atoms with van der Waals surface area (Å²) >= 11 is 0. The Bertz CT molecular complexity index is 466. The molecule has 2 rings (SSSR count). The van der Waals surface area contributed by atoms with E-state index in [1.165, 1.54) is 11.3 Å². The molecule has 90 valence electrons. The second-order valence-corrected chi connectivity index (χ2v) is 5.23. The Morgan fingerprint density at radius 2 is 1.82 bits per heavy atom. The molecule has 1 aromatic carbocycles. The molecule has 0 unspecified atom stereocenters. The minimum atomic E-state index is 0.146. The summed E-state index contributed by atoms with van der Waals surface area (Å²) in [5.74, 6) is 0.953. The van der Waals surface area contributed by atoms with Crippen molar-refractivity contribution in [1.29, 1.82) is 0 Å². The molecule has 1 N–H and O–H groups in total. The lowest BCUT2D eigenvalue weighted by molar-refractivity contribution is 0.517. The van der Waals surface area contributed by atoms with E-state index >= 15 is 0 Å². The zero-order valence-electron chi connectivity index (χ0n) is 10.7. The highest BCUT2D eigenvalue weighted by Gasteiger charge is 2.17. The molecule has 1 heterocycles. The van der Waals surface area contributed by atoms with Crippen LogP contribution in [0.3, 0.4) is 0 Å². The summed E-state index contributed by atoms with van der Waals surface area (Å²) in [6.07, 6.45) is 1.70. The minimum Gasteiger partial charge on any atom is -0.467 e. The highest BCUT2D eigenvalue weighted by molar-refractivity contribution is 5.54. The molecule has 2 nitrogen and oxygen atoms in total. The average Bonchev–Trinajstić information content (AvgIpc) is 2.78. The normalized spacial score (nSPS) is 11.5. The molecule has 2 heteroatoms. The van der Waals surface area contributed by atoms with E-state index in [1.807, 2.05) is 12.1 Å². The van der Waals surface area contributed by atoms with Crippen molar-refractivity contribution in [3.63, 3.8) is 0 Å². The van der Waals surface area contributed by atoms with Crippen LogP contribution in [0.2, 0.25) is 0 Å². The summed E-state index contributed by atoms with van der Waals surface area (Å²) in [6, 6.07) is 12.3. The van der Waals surface area contributed by atoms with Crippen molar-refractivity contribution in [3.05, 3.63) is 54.0 Å². The zero-order chi connectivity index (χ0) is 12.3. The molecule has 17 heavy (non-hydrogen) atoms. The van der Waals surface area contributed by atoms with Crippen molar-refractivity contribution >= 4 is 5.69 Å². The predicted molar refractivity (Wildman–Crippen MR) is 71.2 cm³/mol. The minimum absolute atomic E-state index is 0.146. The van der Waals surface area contributed by atoms with Gasteiger partial charge in [-0.3, -0.25) is 0 Å². The van der Waals surface area contributed by atoms with Gasteiger partial charge in [-0.2, -0.15) is 0 Å². The number of para-hydroxylation sites is 1. The van der Waals surface area contributed by atoms with Gasteiger partial charge in [0, 0.05) is 5.69 Å². The van der Waals surface area contributed by atoms with Crippen LogP contribution >= 0.6 is 0 Å². The second kappa shape index (κ2) is 4.66. The summed E-state index contributed by atoms with van der Waals surface area (Å²) in [5, 5.41) is 3.43. The molecule has 1 aromatic heterocycles. The molecule has 0 atom stereocenters. The molecule has 0 aliphatic rings. The first-order valence-electron chi connectivity index (χ1n) is 5.93. The standard InChI is InChI=1S/C15H19NO/c1-15(2,3)13-8-4-5-9-14(13)16-11-12-7-6-10-17-12/h4-10,16H,11H2,1-3H3. The van der Waals surface area contributed by atoms with Gasteiger partial charge in [-0.05, 0) is 29.2 Å². The van der Waals surface area contributed by atoms with E-state index in [-0.39, 0.29) is 5.41 Å². The van der Waals surface area contributed by atoms with Gasteiger partial charge in [0.05, 0.1) is 12.8 Å². The third-order valence-corrected chi connectivity index (χ3v) is 2.77. The van der Waals surface area contributed by atoms with Gasteiger partial charge in [0.2, 0.25) is 0 Å². The van der Waals surface area contributed by atoms with Gasteiger partial charge in [0.25, 0.3) is 0 Å².